The summed E-state index contributed by atoms with van der Waals surface area (Å²) in [5.74, 6) is -2.70. The second-order valence-corrected chi connectivity index (χ2v) is 20.9. The number of phenolic OH excluding ortho intramolecular Hbond substituents is 1. The van der Waals surface area contributed by atoms with E-state index in [0.717, 1.165) is 45.4 Å². The molecule has 4 amide bonds. The molecule has 17 nitrogen and oxygen atoms in total. The van der Waals surface area contributed by atoms with Crippen LogP contribution in [0, 0.1) is 11.3 Å². The van der Waals surface area contributed by atoms with Crippen LogP contribution in [-0.2, 0) is 56.9 Å². The fourth-order valence-electron chi connectivity index (χ4n) is 9.97. The van der Waals surface area contributed by atoms with Gasteiger partial charge in [0.25, 0.3) is 11.8 Å². The van der Waals surface area contributed by atoms with E-state index in [2.05, 4.69) is 102 Å². The van der Waals surface area contributed by atoms with Crippen molar-refractivity contribution in [1.82, 2.24) is 44.6 Å². The van der Waals surface area contributed by atoms with E-state index < -0.39 is 53.1 Å². The Balaban J connectivity index is 1.27. The van der Waals surface area contributed by atoms with Crippen LogP contribution in [0.2, 0.25) is 0 Å². The molecule has 72 heavy (non-hydrogen) atoms. The first kappa shape index (κ1) is 53.0. The van der Waals surface area contributed by atoms with Crippen molar-refractivity contribution in [2.24, 2.45) is 18.4 Å². The third-order valence-corrected chi connectivity index (χ3v) is 13.4. The zero-order valence-electron chi connectivity index (χ0n) is 43.7. The minimum Gasteiger partial charge on any atom is -0.508 e. The van der Waals surface area contributed by atoms with Crippen molar-refractivity contribution >= 4 is 46.3 Å². The van der Waals surface area contributed by atoms with Gasteiger partial charge >= 0.3 is 5.97 Å². The summed E-state index contributed by atoms with van der Waals surface area (Å²) in [5.41, 5.74) is 10.4. The number of hydrogen-bond acceptors (Lipinski definition) is 11. The monoisotopic (exact) mass is 985 g/mol. The number of hydrazine groups is 1. The van der Waals surface area contributed by atoms with Crippen molar-refractivity contribution in [3.8, 4) is 28.1 Å². The minimum atomic E-state index is -1.20. The molecule has 4 N–H and O–H groups in total. The lowest BCUT2D eigenvalue weighted by molar-refractivity contribution is -0.155. The number of carbonyl (C=O) groups is 5. The Bertz CT molecular complexity index is 2860. The summed E-state index contributed by atoms with van der Waals surface area (Å²) < 4.78 is 9.95. The molecular weight excluding hydrogens is 913 g/mol. The highest BCUT2D eigenvalue weighted by molar-refractivity contribution is 6.01. The first-order chi connectivity index (χ1) is 34.2. The fraction of sp³-hybridized carbons (Fsp3) is 0.455. The summed E-state index contributed by atoms with van der Waals surface area (Å²) in [5, 5.41) is 19.5. The van der Waals surface area contributed by atoms with Gasteiger partial charge in [-0.1, -0.05) is 70.2 Å². The quantitative estimate of drug-likeness (QED) is 0.0802. The van der Waals surface area contributed by atoms with Crippen molar-refractivity contribution in [1.29, 1.82) is 0 Å². The molecule has 1 fully saturated rings. The maximum atomic E-state index is 14.8. The van der Waals surface area contributed by atoms with Crippen LogP contribution in [0.4, 0.5) is 5.82 Å². The van der Waals surface area contributed by atoms with Crippen LogP contribution in [0.15, 0.2) is 79.0 Å². The van der Waals surface area contributed by atoms with E-state index in [4.69, 9.17) is 4.74 Å². The zero-order chi connectivity index (χ0) is 52.2. The molecular formula is C55H72N10O7. The zero-order valence-corrected chi connectivity index (χ0v) is 43.7. The maximum Gasteiger partial charge on any atom is 0.324 e. The number of imidazole rings is 1. The summed E-state index contributed by atoms with van der Waals surface area (Å²) in [6.45, 7) is 12.3. The molecule has 5 aromatic rings. The number of likely N-dealkylation sites (N-methyl/N-ethyl adjacent to an activating group) is 2. The number of hydrogen-bond donors (Lipinski definition) is 4. The van der Waals surface area contributed by atoms with Crippen LogP contribution < -0.4 is 16.1 Å². The number of cyclic esters (lactones) is 1. The molecule has 0 saturated carbocycles. The number of aromatic hydroxyl groups is 1. The highest BCUT2D eigenvalue weighted by Gasteiger charge is 2.38. The molecule has 3 aromatic carbocycles. The van der Waals surface area contributed by atoms with Crippen molar-refractivity contribution in [2.75, 3.05) is 60.3 Å². The van der Waals surface area contributed by atoms with Crippen LogP contribution in [0.5, 0.6) is 5.75 Å². The number of carbonyl (C=O) groups excluding carboxylic acids is 5. The molecule has 2 aliphatic rings. The Labute approximate surface area is 423 Å². The van der Waals surface area contributed by atoms with E-state index in [1.807, 2.05) is 31.1 Å². The van der Waals surface area contributed by atoms with Gasteiger partial charge in [0.15, 0.2) is 0 Å². The lowest BCUT2D eigenvalue weighted by Gasteiger charge is -2.36. The lowest BCUT2D eigenvalue weighted by Crippen LogP contribution is -2.62. The van der Waals surface area contributed by atoms with E-state index >= 15 is 0 Å². The van der Waals surface area contributed by atoms with Gasteiger partial charge in [-0.3, -0.25) is 29.0 Å². The average Bonchev–Trinajstić information content (AvgIpc) is 3.83. The molecule has 2 aliphatic heterocycles. The van der Waals surface area contributed by atoms with Crippen molar-refractivity contribution < 1.29 is 33.8 Å². The Morgan fingerprint density at radius 2 is 1.75 bits per heavy atom. The largest absolute Gasteiger partial charge is 0.508 e. The Hall–Kier alpha value is -6.82. The first-order valence-corrected chi connectivity index (χ1v) is 24.8. The van der Waals surface area contributed by atoms with Crippen molar-refractivity contribution in [2.45, 2.75) is 91.5 Å². The van der Waals surface area contributed by atoms with Gasteiger partial charge in [-0.15, -0.1) is 0 Å². The smallest absolute Gasteiger partial charge is 0.324 e. The Kier molecular flexibility index (Phi) is 16.4. The van der Waals surface area contributed by atoms with E-state index in [-0.39, 0.29) is 42.9 Å². The number of rotatable bonds is 13. The molecule has 2 aromatic heterocycles. The number of aromatic nitrogens is 3. The predicted octanol–water partition coefficient (Wildman–Crippen LogP) is 6.00. The number of anilines is 1. The normalized spacial score (nSPS) is 17.9. The molecule has 6 bridgehead atoms. The van der Waals surface area contributed by atoms with E-state index in [1.54, 1.807) is 39.1 Å². The summed E-state index contributed by atoms with van der Waals surface area (Å²) in [6.07, 6.45) is 5.98. The SMILES string of the molecule is CCn1c(-c2ccccc2CN(C)C)c2c3cc(ccc31)-c1cc(O)cc(c1)C[C@H](NC(=O)C(C(C)C)N(C)C(=O)c1ncc(NC(=O)/C=C/CN(C)C)n1C)C(=O)N1CCC[C@H](N1)C(=O)OCC(C)(C)C2. The third kappa shape index (κ3) is 11.9. The molecule has 384 valence electrons. The van der Waals surface area contributed by atoms with Gasteiger partial charge in [0.05, 0.1) is 18.5 Å². The van der Waals surface area contributed by atoms with Gasteiger partial charge in [0.2, 0.25) is 17.6 Å². The molecule has 7 rings (SSSR count). The van der Waals surface area contributed by atoms with Gasteiger partial charge in [-0.05, 0) is 112 Å². The van der Waals surface area contributed by atoms with Crippen LogP contribution in [0.25, 0.3) is 33.3 Å². The summed E-state index contributed by atoms with van der Waals surface area (Å²) >= 11 is 0. The topological polar surface area (TPSA) is 187 Å². The van der Waals surface area contributed by atoms with Crippen LogP contribution in [0.3, 0.4) is 0 Å². The minimum absolute atomic E-state index is 0.0103. The lowest BCUT2D eigenvalue weighted by atomic mass is 9.84. The van der Waals surface area contributed by atoms with Gasteiger partial charge in [0, 0.05) is 74.7 Å². The number of ether oxygens (including phenoxy) is 1. The van der Waals surface area contributed by atoms with Crippen LogP contribution in [0.1, 0.15) is 74.8 Å². The molecule has 4 heterocycles. The highest BCUT2D eigenvalue weighted by Crippen LogP contribution is 2.41. The molecule has 17 heteroatoms. The molecule has 3 atom stereocenters. The standard InChI is InChI=1S/C55H72N10O7/c1-12-64-45-22-21-36-29-41(45)42(49(64)40-18-14-13-17-37(40)32-61(8)9)30-55(4,5)33-72-54(71)43-19-15-24-65(59-43)52(69)44(27-35-25-38(36)28-39(66)26-35)57-51(68)48(34(2)3)63(11)53(70)50-56-31-46(62(50)10)58-47(67)20-16-23-60(6)7/h13-14,16-18,20-22,25-26,28-29,31,34,43-44,48,59,66H,12,15,19,23-24,27,30,32-33H2,1-11H3,(H,57,68)(H,58,67)/b20-16+/t43-,44-,48?/m0/s1. The van der Waals surface area contributed by atoms with Crippen LogP contribution >= 0.6 is 0 Å². The van der Waals surface area contributed by atoms with Crippen molar-refractivity contribution in [3.05, 3.63) is 102 Å². The average molecular weight is 985 g/mol. The Morgan fingerprint density at radius 3 is 2.46 bits per heavy atom. The van der Waals surface area contributed by atoms with E-state index in [0.29, 0.717) is 37.9 Å². The summed E-state index contributed by atoms with van der Waals surface area (Å²) in [4.78, 5) is 80.0. The maximum absolute atomic E-state index is 14.8. The van der Waals surface area contributed by atoms with Gasteiger partial charge in [-0.25, -0.2) is 10.4 Å². The molecule has 0 aliphatic carbocycles. The number of phenols is 1. The molecule has 1 saturated heterocycles. The number of aryl methyl sites for hydroxylation is 1. The number of esters is 1. The second-order valence-electron chi connectivity index (χ2n) is 20.9. The number of benzene rings is 3. The number of nitrogens with one attached hydrogen (secondary N) is 3. The number of amides is 4. The molecule has 1 unspecified atom stereocenters. The molecule has 0 radical (unpaired) electrons. The van der Waals surface area contributed by atoms with Crippen molar-refractivity contribution in [3.63, 3.8) is 0 Å². The summed E-state index contributed by atoms with van der Waals surface area (Å²) in [6, 6.07) is 16.9. The van der Waals surface area contributed by atoms with Crippen LogP contribution in [-0.4, -0.2) is 142 Å². The second kappa shape index (κ2) is 22.3. The van der Waals surface area contributed by atoms with E-state index in [1.165, 1.54) is 39.4 Å². The van der Waals surface area contributed by atoms with Gasteiger partial charge in [-0.2, -0.15) is 0 Å². The summed E-state index contributed by atoms with van der Waals surface area (Å²) in [7, 11) is 11.0. The Morgan fingerprint density at radius 1 is 1.00 bits per heavy atom. The number of fused-ring (bicyclic) bond motifs is 6. The first-order valence-electron chi connectivity index (χ1n) is 24.8. The predicted molar refractivity (Wildman–Crippen MR) is 280 cm³/mol. The van der Waals surface area contributed by atoms with Gasteiger partial charge < -0.3 is 44.3 Å². The number of nitrogens with zero attached hydrogens (tertiary/aromatic N) is 7. The fourth-order valence-corrected chi connectivity index (χ4v) is 9.97. The van der Waals surface area contributed by atoms with E-state index in [9.17, 15) is 29.1 Å². The molecule has 0 spiro atoms. The highest BCUT2D eigenvalue weighted by atomic mass is 16.5. The van der Waals surface area contributed by atoms with Gasteiger partial charge in [0.1, 0.15) is 29.7 Å². The third-order valence-electron chi connectivity index (χ3n) is 13.4.